The third kappa shape index (κ3) is 3.65. The number of benzene rings is 1. The maximum atomic E-state index is 12.5. The van der Waals surface area contributed by atoms with E-state index in [2.05, 4.69) is 5.10 Å². The Labute approximate surface area is 134 Å². The predicted octanol–water partition coefficient (Wildman–Crippen LogP) is 1.07. The molecule has 0 spiro atoms. The third-order valence-corrected chi connectivity index (χ3v) is 3.84. The molecule has 0 atom stereocenters. The van der Waals surface area contributed by atoms with Gasteiger partial charge in [0.1, 0.15) is 5.69 Å². The van der Waals surface area contributed by atoms with Gasteiger partial charge in [0.15, 0.2) is 0 Å². The molecule has 120 valence electrons. The van der Waals surface area contributed by atoms with Gasteiger partial charge in [0, 0.05) is 19.2 Å². The lowest BCUT2D eigenvalue weighted by atomic mass is 10.1. The van der Waals surface area contributed by atoms with Crippen LogP contribution in [0.25, 0.3) is 0 Å². The summed E-state index contributed by atoms with van der Waals surface area (Å²) in [6.45, 7) is 4.54. The molecule has 2 aromatic rings. The van der Waals surface area contributed by atoms with Gasteiger partial charge in [-0.25, -0.2) is 4.68 Å². The number of hydrogen-bond donors (Lipinski definition) is 0. The molecule has 6 heteroatoms. The van der Waals surface area contributed by atoms with Gasteiger partial charge in [0.2, 0.25) is 0 Å². The Balaban J connectivity index is 1.82. The zero-order chi connectivity index (χ0) is 16.2. The van der Waals surface area contributed by atoms with Gasteiger partial charge in [-0.05, 0) is 18.6 Å². The molecule has 23 heavy (non-hydrogen) atoms. The lowest BCUT2D eigenvalue weighted by molar-refractivity contribution is 0.0297. The van der Waals surface area contributed by atoms with E-state index in [4.69, 9.17) is 4.74 Å². The van der Waals surface area contributed by atoms with Crippen LogP contribution in [0.3, 0.4) is 0 Å². The van der Waals surface area contributed by atoms with Crippen LogP contribution >= 0.6 is 0 Å². The third-order valence-electron chi connectivity index (χ3n) is 3.84. The summed E-state index contributed by atoms with van der Waals surface area (Å²) in [6.07, 6.45) is 0. The van der Waals surface area contributed by atoms with E-state index in [-0.39, 0.29) is 11.5 Å². The maximum absolute atomic E-state index is 12.5. The van der Waals surface area contributed by atoms with E-state index < -0.39 is 0 Å². The number of carbonyl (C=O) groups excluding carboxylic acids is 1. The van der Waals surface area contributed by atoms with E-state index in [1.165, 1.54) is 16.8 Å². The molecule has 1 saturated heterocycles. The second-order valence-corrected chi connectivity index (χ2v) is 5.60. The summed E-state index contributed by atoms with van der Waals surface area (Å²) in [7, 11) is 0. The minimum absolute atomic E-state index is 0.161. The fourth-order valence-corrected chi connectivity index (χ4v) is 2.47. The highest BCUT2D eigenvalue weighted by molar-refractivity contribution is 5.92. The highest BCUT2D eigenvalue weighted by Crippen LogP contribution is 2.06. The van der Waals surface area contributed by atoms with E-state index in [0.717, 1.165) is 11.1 Å². The van der Waals surface area contributed by atoms with Crippen molar-refractivity contribution >= 4 is 5.91 Å². The number of carbonyl (C=O) groups is 1. The first-order valence-electron chi connectivity index (χ1n) is 7.64. The van der Waals surface area contributed by atoms with Crippen molar-refractivity contribution < 1.29 is 9.53 Å². The molecule has 1 aromatic carbocycles. The summed E-state index contributed by atoms with van der Waals surface area (Å²) in [4.78, 5) is 26.2. The Bertz CT molecular complexity index is 746. The summed E-state index contributed by atoms with van der Waals surface area (Å²) in [6, 6.07) is 10.8. The molecule has 6 nitrogen and oxygen atoms in total. The van der Waals surface area contributed by atoms with Crippen molar-refractivity contribution in [1.82, 2.24) is 14.7 Å². The summed E-state index contributed by atoms with van der Waals surface area (Å²) in [5, 5.41) is 4.24. The average molecular weight is 313 g/mol. The molecule has 0 aliphatic carbocycles. The van der Waals surface area contributed by atoms with Gasteiger partial charge >= 0.3 is 0 Å². The Kier molecular flexibility index (Phi) is 4.52. The first-order chi connectivity index (χ1) is 11.1. The number of morpholine rings is 1. The number of rotatable bonds is 3. The molecule has 1 amide bonds. The number of aromatic nitrogens is 2. The molecule has 3 rings (SSSR count). The van der Waals surface area contributed by atoms with Crippen molar-refractivity contribution in [3.63, 3.8) is 0 Å². The molecule has 1 aromatic heterocycles. The largest absolute Gasteiger partial charge is 0.378 e. The van der Waals surface area contributed by atoms with Crippen LogP contribution in [0.4, 0.5) is 0 Å². The van der Waals surface area contributed by atoms with Crippen LogP contribution in [-0.2, 0) is 11.3 Å². The van der Waals surface area contributed by atoms with E-state index in [1.807, 2.05) is 31.2 Å². The zero-order valence-corrected chi connectivity index (χ0v) is 13.1. The molecule has 0 N–H and O–H groups in total. The van der Waals surface area contributed by atoms with Gasteiger partial charge in [-0.2, -0.15) is 5.10 Å². The Morgan fingerprint density at radius 3 is 2.52 bits per heavy atom. The minimum atomic E-state index is -0.218. The lowest BCUT2D eigenvalue weighted by Gasteiger charge is -2.26. The van der Waals surface area contributed by atoms with Gasteiger partial charge in [0.05, 0.1) is 19.8 Å². The molecule has 0 radical (unpaired) electrons. The predicted molar refractivity (Wildman–Crippen MR) is 85.5 cm³/mol. The van der Waals surface area contributed by atoms with Crippen molar-refractivity contribution in [2.75, 3.05) is 26.3 Å². The first kappa shape index (κ1) is 15.4. The summed E-state index contributed by atoms with van der Waals surface area (Å²) < 4.78 is 6.58. The molecule has 1 aliphatic rings. The molecular formula is C17H19N3O3. The van der Waals surface area contributed by atoms with Crippen LogP contribution in [0.5, 0.6) is 0 Å². The van der Waals surface area contributed by atoms with Gasteiger partial charge in [-0.15, -0.1) is 0 Å². The Morgan fingerprint density at radius 2 is 1.83 bits per heavy atom. The number of nitrogens with zero attached hydrogens (tertiary/aromatic N) is 3. The van der Waals surface area contributed by atoms with E-state index >= 15 is 0 Å². The van der Waals surface area contributed by atoms with Crippen molar-refractivity contribution in [2.24, 2.45) is 0 Å². The maximum Gasteiger partial charge on any atom is 0.274 e. The number of aryl methyl sites for hydroxylation is 1. The second-order valence-electron chi connectivity index (χ2n) is 5.60. The van der Waals surface area contributed by atoms with Gasteiger partial charge in [-0.3, -0.25) is 9.59 Å². The van der Waals surface area contributed by atoms with Crippen LogP contribution < -0.4 is 5.56 Å². The molecule has 1 fully saturated rings. The first-order valence-corrected chi connectivity index (χ1v) is 7.64. The number of hydrogen-bond acceptors (Lipinski definition) is 4. The summed E-state index contributed by atoms with van der Waals surface area (Å²) in [5.41, 5.74) is 2.20. The average Bonchev–Trinajstić information content (AvgIpc) is 2.59. The van der Waals surface area contributed by atoms with Crippen LogP contribution in [0.1, 0.15) is 21.6 Å². The molecule has 0 bridgehead atoms. The molecular weight excluding hydrogens is 294 g/mol. The van der Waals surface area contributed by atoms with E-state index in [9.17, 15) is 9.59 Å². The van der Waals surface area contributed by atoms with E-state index in [1.54, 1.807) is 4.90 Å². The van der Waals surface area contributed by atoms with E-state index in [0.29, 0.717) is 38.5 Å². The second kappa shape index (κ2) is 6.75. The van der Waals surface area contributed by atoms with Gasteiger partial charge in [0.25, 0.3) is 11.5 Å². The van der Waals surface area contributed by atoms with Crippen LogP contribution in [0.15, 0.2) is 41.2 Å². The summed E-state index contributed by atoms with van der Waals surface area (Å²) in [5.74, 6) is -0.161. The van der Waals surface area contributed by atoms with Crippen molar-refractivity contribution in [1.29, 1.82) is 0 Å². The quantitative estimate of drug-likeness (QED) is 0.850. The fraction of sp³-hybridized carbons (Fsp3) is 0.353. The Morgan fingerprint density at radius 1 is 1.13 bits per heavy atom. The van der Waals surface area contributed by atoms with Crippen LogP contribution in [0, 0.1) is 6.92 Å². The van der Waals surface area contributed by atoms with Gasteiger partial charge < -0.3 is 9.64 Å². The molecule has 1 aliphatic heterocycles. The Hall–Kier alpha value is -2.47. The topological polar surface area (TPSA) is 64.4 Å². The van der Waals surface area contributed by atoms with Crippen LogP contribution in [0.2, 0.25) is 0 Å². The van der Waals surface area contributed by atoms with Gasteiger partial charge in [-0.1, -0.05) is 29.8 Å². The highest BCUT2D eigenvalue weighted by atomic mass is 16.5. The standard InChI is InChI=1S/C17H19N3O3/c1-13-2-4-14(5-3-13)12-20-16(21)7-6-15(18-20)17(22)19-8-10-23-11-9-19/h2-7H,8-12H2,1H3. The number of amides is 1. The SMILES string of the molecule is Cc1ccc(Cn2nc(C(=O)N3CCOCC3)ccc2=O)cc1. The van der Waals surface area contributed by atoms with Crippen molar-refractivity contribution in [2.45, 2.75) is 13.5 Å². The smallest absolute Gasteiger partial charge is 0.274 e. The highest BCUT2D eigenvalue weighted by Gasteiger charge is 2.20. The molecule has 0 unspecified atom stereocenters. The van der Waals surface area contributed by atoms with Crippen LogP contribution in [-0.4, -0.2) is 46.9 Å². The number of ether oxygens (including phenoxy) is 1. The fourth-order valence-electron chi connectivity index (χ4n) is 2.47. The molecule has 0 saturated carbocycles. The summed E-state index contributed by atoms with van der Waals surface area (Å²) >= 11 is 0. The monoisotopic (exact) mass is 313 g/mol. The molecule has 2 heterocycles. The lowest BCUT2D eigenvalue weighted by Crippen LogP contribution is -2.41. The van der Waals surface area contributed by atoms with Crippen molar-refractivity contribution in [3.8, 4) is 0 Å². The normalized spacial score (nSPS) is 14.7. The van der Waals surface area contributed by atoms with Crippen molar-refractivity contribution in [3.05, 3.63) is 63.6 Å². The minimum Gasteiger partial charge on any atom is -0.378 e. The zero-order valence-electron chi connectivity index (χ0n) is 13.1.